The summed E-state index contributed by atoms with van der Waals surface area (Å²) in [5.41, 5.74) is 2.32. The molecule has 1 fully saturated rings. The van der Waals surface area contributed by atoms with E-state index in [9.17, 15) is 4.79 Å². The van der Waals surface area contributed by atoms with Crippen molar-refractivity contribution in [2.75, 3.05) is 43.6 Å². The number of carbonyl (C=O) groups excluding carboxylic acids is 1. The maximum Gasteiger partial charge on any atom is 0.322 e. The summed E-state index contributed by atoms with van der Waals surface area (Å²) in [5, 5.41) is 3.97. The molecule has 7 nitrogen and oxygen atoms in total. The molecule has 3 aromatic rings. The second kappa shape index (κ2) is 7.90. The number of rotatable bonds is 4. The van der Waals surface area contributed by atoms with Gasteiger partial charge in [0, 0.05) is 25.5 Å². The number of nitrogens with zero attached hydrogens (tertiary/aromatic N) is 3. The Balaban J connectivity index is 1.40. The third kappa shape index (κ3) is 3.94. The Morgan fingerprint density at radius 2 is 2.00 bits per heavy atom. The lowest BCUT2D eigenvalue weighted by atomic mass is 10.2. The minimum atomic E-state index is -0.204. The number of hydrogen-bond donors (Lipinski definition) is 1. The van der Waals surface area contributed by atoms with Gasteiger partial charge in [-0.05, 0) is 31.2 Å². The molecular weight excluding hydrogens is 356 g/mol. The van der Waals surface area contributed by atoms with Crippen molar-refractivity contribution in [3.8, 4) is 0 Å². The second-order valence-corrected chi connectivity index (χ2v) is 6.94. The van der Waals surface area contributed by atoms with Crippen molar-refractivity contribution in [3.63, 3.8) is 0 Å². The van der Waals surface area contributed by atoms with Gasteiger partial charge in [0.25, 0.3) is 0 Å². The van der Waals surface area contributed by atoms with Crippen molar-refractivity contribution in [1.82, 2.24) is 9.88 Å². The number of amides is 2. The number of ether oxygens (including phenoxy) is 1. The summed E-state index contributed by atoms with van der Waals surface area (Å²) in [7, 11) is 1.74. The van der Waals surface area contributed by atoms with E-state index in [-0.39, 0.29) is 6.03 Å². The molecule has 4 rings (SSSR count). The van der Waals surface area contributed by atoms with Crippen LogP contribution in [0.3, 0.4) is 0 Å². The van der Waals surface area contributed by atoms with E-state index in [0.29, 0.717) is 25.4 Å². The highest BCUT2D eigenvalue weighted by Gasteiger charge is 2.16. The summed E-state index contributed by atoms with van der Waals surface area (Å²) in [5.74, 6) is 1.66. The third-order valence-corrected chi connectivity index (χ3v) is 4.86. The Labute approximate surface area is 163 Å². The van der Waals surface area contributed by atoms with Crippen LogP contribution in [0.25, 0.3) is 11.0 Å². The van der Waals surface area contributed by atoms with Crippen LogP contribution >= 0.6 is 0 Å². The number of aryl methyl sites for hydroxylation is 1. The van der Waals surface area contributed by atoms with Gasteiger partial charge in [0.15, 0.2) is 0 Å². The SMILES string of the molecule is Cc1nc(N2CCOCC2)ccc1NC(=O)N(C)Cc1cc2ccccc2o1. The lowest BCUT2D eigenvalue weighted by Gasteiger charge is -2.28. The average molecular weight is 380 g/mol. The summed E-state index contributed by atoms with van der Waals surface area (Å²) in [4.78, 5) is 21.0. The predicted octanol–water partition coefficient (Wildman–Crippen LogP) is 3.64. The molecule has 1 N–H and O–H groups in total. The molecule has 0 atom stereocenters. The standard InChI is InChI=1S/C21H24N4O3/c1-15-18(7-8-20(22-15)25-9-11-27-12-10-25)23-21(26)24(2)14-17-13-16-5-3-4-6-19(16)28-17/h3-8,13H,9-12,14H2,1-2H3,(H,23,26). The van der Waals surface area contributed by atoms with Crippen molar-refractivity contribution < 1.29 is 13.9 Å². The number of carbonyl (C=O) groups is 1. The van der Waals surface area contributed by atoms with Crippen LogP contribution < -0.4 is 10.2 Å². The Hall–Kier alpha value is -3.06. The van der Waals surface area contributed by atoms with Crippen LogP contribution in [-0.4, -0.2) is 49.3 Å². The number of pyridine rings is 1. The summed E-state index contributed by atoms with van der Waals surface area (Å²) >= 11 is 0. The fourth-order valence-electron chi connectivity index (χ4n) is 3.28. The molecule has 3 heterocycles. The van der Waals surface area contributed by atoms with Gasteiger partial charge < -0.3 is 24.3 Å². The molecule has 1 saturated heterocycles. The molecule has 1 aromatic carbocycles. The van der Waals surface area contributed by atoms with Gasteiger partial charge in [-0.25, -0.2) is 9.78 Å². The second-order valence-electron chi connectivity index (χ2n) is 6.94. The maximum atomic E-state index is 12.6. The number of benzene rings is 1. The van der Waals surface area contributed by atoms with Crippen LogP contribution in [0.15, 0.2) is 46.9 Å². The molecule has 0 unspecified atom stereocenters. The van der Waals surface area contributed by atoms with Crippen LogP contribution in [0.4, 0.5) is 16.3 Å². The summed E-state index contributed by atoms with van der Waals surface area (Å²) in [6.07, 6.45) is 0. The minimum Gasteiger partial charge on any atom is -0.459 e. The van der Waals surface area contributed by atoms with Gasteiger partial charge in [-0.3, -0.25) is 0 Å². The first-order valence-corrected chi connectivity index (χ1v) is 9.40. The van der Waals surface area contributed by atoms with Gasteiger partial charge in [-0.1, -0.05) is 18.2 Å². The monoisotopic (exact) mass is 380 g/mol. The van der Waals surface area contributed by atoms with Gasteiger partial charge in [0.05, 0.1) is 31.1 Å². The lowest BCUT2D eigenvalue weighted by Crippen LogP contribution is -2.37. The first-order chi connectivity index (χ1) is 13.6. The first-order valence-electron chi connectivity index (χ1n) is 9.40. The molecule has 28 heavy (non-hydrogen) atoms. The number of anilines is 2. The van der Waals surface area contributed by atoms with Crippen molar-refractivity contribution in [1.29, 1.82) is 0 Å². The minimum absolute atomic E-state index is 0.204. The van der Waals surface area contributed by atoms with Crippen LogP contribution in [0.2, 0.25) is 0 Å². The highest BCUT2D eigenvalue weighted by atomic mass is 16.5. The number of fused-ring (bicyclic) bond motifs is 1. The number of morpholine rings is 1. The number of hydrogen-bond acceptors (Lipinski definition) is 5. The Morgan fingerprint density at radius 1 is 1.21 bits per heavy atom. The van der Waals surface area contributed by atoms with E-state index in [4.69, 9.17) is 9.15 Å². The summed E-state index contributed by atoms with van der Waals surface area (Å²) in [6.45, 7) is 5.38. The summed E-state index contributed by atoms with van der Waals surface area (Å²) in [6, 6.07) is 13.4. The number of para-hydroxylation sites is 1. The highest BCUT2D eigenvalue weighted by Crippen LogP contribution is 2.22. The molecule has 0 spiro atoms. The van der Waals surface area contributed by atoms with E-state index in [1.807, 2.05) is 49.4 Å². The van der Waals surface area contributed by atoms with Gasteiger partial charge in [-0.15, -0.1) is 0 Å². The van der Waals surface area contributed by atoms with Gasteiger partial charge in [0.2, 0.25) is 0 Å². The van der Waals surface area contributed by atoms with Gasteiger partial charge in [-0.2, -0.15) is 0 Å². The quantitative estimate of drug-likeness (QED) is 0.748. The molecule has 0 aliphatic carbocycles. The molecule has 7 heteroatoms. The largest absolute Gasteiger partial charge is 0.459 e. The average Bonchev–Trinajstić information content (AvgIpc) is 3.12. The zero-order valence-electron chi connectivity index (χ0n) is 16.1. The smallest absolute Gasteiger partial charge is 0.322 e. The summed E-state index contributed by atoms with van der Waals surface area (Å²) < 4.78 is 11.2. The van der Waals surface area contributed by atoms with E-state index < -0.39 is 0 Å². The number of furan rings is 1. The van der Waals surface area contributed by atoms with Crippen LogP contribution in [0, 0.1) is 6.92 Å². The Kier molecular flexibility index (Phi) is 5.16. The lowest BCUT2D eigenvalue weighted by molar-refractivity contribution is 0.122. The normalized spacial score (nSPS) is 14.3. The molecule has 146 valence electrons. The number of urea groups is 1. The first kappa shape index (κ1) is 18.3. The Morgan fingerprint density at radius 3 is 2.75 bits per heavy atom. The molecular formula is C21H24N4O3. The van der Waals surface area contributed by atoms with Crippen molar-refractivity contribution in [2.45, 2.75) is 13.5 Å². The molecule has 1 aliphatic rings. The van der Waals surface area contributed by atoms with Crippen molar-refractivity contribution >= 4 is 28.5 Å². The van der Waals surface area contributed by atoms with Gasteiger partial charge in [0.1, 0.15) is 17.2 Å². The van der Waals surface area contributed by atoms with E-state index in [2.05, 4.69) is 15.2 Å². The fraction of sp³-hybridized carbons (Fsp3) is 0.333. The van der Waals surface area contributed by atoms with Crippen molar-refractivity contribution in [3.05, 3.63) is 53.9 Å². The third-order valence-electron chi connectivity index (χ3n) is 4.86. The Bertz CT molecular complexity index is 946. The molecule has 1 aliphatic heterocycles. The molecule has 0 saturated carbocycles. The zero-order valence-corrected chi connectivity index (χ0v) is 16.1. The molecule has 2 amide bonds. The molecule has 2 aromatic heterocycles. The van der Waals surface area contributed by atoms with Crippen LogP contribution in [-0.2, 0) is 11.3 Å². The van der Waals surface area contributed by atoms with E-state index in [0.717, 1.165) is 41.3 Å². The van der Waals surface area contributed by atoms with Crippen LogP contribution in [0.1, 0.15) is 11.5 Å². The molecule has 0 radical (unpaired) electrons. The van der Waals surface area contributed by atoms with E-state index in [1.165, 1.54) is 0 Å². The highest BCUT2D eigenvalue weighted by molar-refractivity contribution is 5.90. The maximum absolute atomic E-state index is 12.6. The zero-order chi connectivity index (χ0) is 19.5. The number of nitrogens with one attached hydrogen (secondary N) is 1. The van der Waals surface area contributed by atoms with Gasteiger partial charge >= 0.3 is 6.03 Å². The van der Waals surface area contributed by atoms with E-state index in [1.54, 1.807) is 11.9 Å². The predicted molar refractivity (Wildman–Crippen MR) is 109 cm³/mol. The van der Waals surface area contributed by atoms with Crippen LogP contribution in [0.5, 0.6) is 0 Å². The fourth-order valence-corrected chi connectivity index (χ4v) is 3.28. The number of aromatic nitrogens is 1. The van der Waals surface area contributed by atoms with Crippen molar-refractivity contribution in [2.24, 2.45) is 0 Å². The van der Waals surface area contributed by atoms with E-state index >= 15 is 0 Å². The topological polar surface area (TPSA) is 70.8 Å². The molecule has 0 bridgehead atoms.